The average Bonchev–Trinajstić information content (AvgIpc) is 2.20. The minimum absolute atomic E-state index is 0.00878. The Bertz CT molecular complexity index is 366. The zero-order valence-corrected chi connectivity index (χ0v) is 9.67. The summed E-state index contributed by atoms with van der Waals surface area (Å²) in [5.74, 6) is 0.0284. The highest BCUT2D eigenvalue weighted by Gasteiger charge is 2.16. The summed E-state index contributed by atoms with van der Waals surface area (Å²) in [6, 6.07) is 1.43. The van der Waals surface area contributed by atoms with Gasteiger partial charge in [0.05, 0.1) is 5.02 Å². The predicted molar refractivity (Wildman–Crippen MR) is 61.2 cm³/mol. The van der Waals surface area contributed by atoms with Gasteiger partial charge in [-0.1, -0.05) is 17.7 Å². The number of nitrogens with two attached hydrogens (primary N) is 1. The Balaban J connectivity index is 3.19. The number of phenolic OH excluding ortho intramolecular Hbond substituents is 1. The molecule has 1 aromatic carbocycles. The highest BCUT2D eigenvalue weighted by atomic mass is 35.5. The van der Waals surface area contributed by atoms with E-state index in [-0.39, 0.29) is 18.4 Å². The Morgan fingerprint density at radius 1 is 1.47 bits per heavy atom. The van der Waals surface area contributed by atoms with Crippen molar-refractivity contribution < 1.29 is 10.2 Å². The minimum Gasteiger partial charge on any atom is -0.506 e. The number of aliphatic hydroxyl groups excluding tert-OH is 1. The maximum Gasteiger partial charge on any atom is 0.139 e. The molecule has 0 saturated carbocycles. The Hall–Kier alpha value is -0.770. The molecular formula is C11H16ClNO2. The Kier molecular flexibility index (Phi) is 3.97. The molecular weight excluding hydrogens is 214 g/mol. The molecule has 0 aliphatic carbocycles. The van der Waals surface area contributed by atoms with E-state index in [1.54, 1.807) is 0 Å². The third-order valence-corrected chi connectivity index (χ3v) is 3.08. The molecule has 0 aliphatic rings. The van der Waals surface area contributed by atoms with Crippen LogP contribution in [0.1, 0.15) is 29.2 Å². The molecule has 1 rings (SSSR count). The van der Waals surface area contributed by atoms with Crippen LogP contribution >= 0.6 is 11.6 Å². The van der Waals surface area contributed by atoms with Gasteiger partial charge in [0, 0.05) is 18.2 Å². The van der Waals surface area contributed by atoms with Gasteiger partial charge in [-0.15, -0.1) is 0 Å². The quantitative estimate of drug-likeness (QED) is 0.743. The van der Waals surface area contributed by atoms with Crippen LogP contribution in [0.5, 0.6) is 5.75 Å². The molecule has 0 aromatic heterocycles. The second kappa shape index (κ2) is 4.84. The van der Waals surface area contributed by atoms with Crippen molar-refractivity contribution >= 4 is 11.6 Å². The summed E-state index contributed by atoms with van der Waals surface area (Å²) >= 11 is 5.96. The van der Waals surface area contributed by atoms with E-state index in [9.17, 15) is 5.11 Å². The van der Waals surface area contributed by atoms with E-state index < -0.39 is 0 Å². The SMILES string of the molecule is Cc1cc(C(N)CCO)c(O)c(Cl)c1C. The largest absolute Gasteiger partial charge is 0.506 e. The van der Waals surface area contributed by atoms with Gasteiger partial charge in [-0.05, 0) is 31.4 Å². The smallest absolute Gasteiger partial charge is 0.139 e. The molecule has 0 fully saturated rings. The van der Waals surface area contributed by atoms with Gasteiger partial charge in [-0.3, -0.25) is 0 Å². The number of aromatic hydroxyl groups is 1. The molecule has 1 unspecified atom stereocenters. The summed E-state index contributed by atoms with van der Waals surface area (Å²) in [4.78, 5) is 0. The van der Waals surface area contributed by atoms with E-state index in [1.807, 2.05) is 19.9 Å². The minimum atomic E-state index is -0.383. The third kappa shape index (κ3) is 2.43. The standard InChI is InChI=1S/C11H16ClNO2/c1-6-5-8(9(13)3-4-14)11(15)10(12)7(6)2/h5,9,14-15H,3-4,13H2,1-2H3. The van der Waals surface area contributed by atoms with Gasteiger partial charge in [-0.2, -0.15) is 0 Å². The maximum atomic E-state index is 9.81. The van der Waals surface area contributed by atoms with Gasteiger partial charge in [-0.25, -0.2) is 0 Å². The van der Waals surface area contributed by atoms with Crippen molar-refractivity contribution in [3.05, 3.63) is 27.8 Å². The number of aliphatic hydroxyl groups is 1. The topological polar surface area (TPSA) is 66.5 Å². The number of rotatable bonds is 3. The van der Waals surface area contributed by atoms with Crippen LogP contribution < -0.4 is 5.73 Å². The molecule has 84 valence electrons. The van der Waals surface area contributed by atoms with E-state index in [2.05, 4.69) is 0 Å². The molecule has 0 aliphatic heterocycles. The Morgan fingerprint density at radius 2 is 2.07 bits per heavy atom. The molecule has 0 heterocycles. The van der Waals surface area contributed by atoms with Gasteiger partial charge < -0.3 is 15.9 Å². The maximum absolute atomic E-state index is 9.81. The highest BCUT2D eigenvalue weighted by Crippen LogP contribution is 2.36. The predicted octanol–water partition coefficient (Wildman–Crippen LogP) is 2.04. The second-order valence-corrected chi connectivity index (χ2v) is 4.07. The zero-order chi connectivity index (χ0) is 11.6. The van der Waals surface area contributed by atoms with Crippen LogP contribution in [0.2, 0.25) is 5.02 Å². The first kappa shape index (κ1) is 12.3. The van der Waals surface area contributed by atoms with Crippen molar-refractivity contribution in [2.24, 2.45) is 5.73 Å². The Morgan fingerprint density at radius 3 is 2.60 bits per heavy atom. The van der Waals surface area contributed by atoms with E-state index in [0.717, 1.165) is 11.1 Å². The van der Waals surface area contributed by atoms with Crippen molar-refractivity contribution in [2.45, 2.75) is 26.3 Å². The monoisotopic (exact) mass is 229 g/mol. The third-order valence-electron chi connectivity index (χ3n) is 2.61. The summed E-state index contributed by atoms with van der Waals surface area (Å²) in [5.41, 5.74) is 8.25. The van der Waals surface area contributed by atoms with Gasteiger partial charge in [0.25, 0.3) is 0 Å². The number of halogens is 1. The molecule has 0 radical (unpaired) electrons. The molecule has 3 nitrogen and oxygen atoms in total. The molecule has 0 bridgehead atoms. The van der Waals surface area contributed by atoms with Crippen molar-refractivity contribution in [2.75, 3.05) is 6.61 Å². The lowest BCUT2D eigenvalue weighted by Crippen LogP contribution is -2.12. The van der Waals surface area contributed by atoms with Crippen LogP contribution in [0.25, 0.3) is 0 Å². The van der Waals surface area contributed by atoms with Crippen LogP contribution in [0.3, 0.4) is 0 Å². The van der Waals surface area contributed by atoms with Gasteiger partial charge >= 0.3 is 0 Å². The second-order valence-electron chi connectivity index (χ2n) is 3.69. The van der Waals surface area contributed by atoms with Crippen molar-refractivity contribution in [1.29, 1.82) is 0 Å². The molecule has 0 spiro atoms. The van der Waals surface area contributed by atoms with E-state index >= 15 is 0 Å². The molecule has 1 atom stereocenters. The van der Waals surface area contributed by atoms with E-state index in [1.165, 1.54) is 0 Å². The van der Waals surface area contributed by atoms with Gasteiger partial charge in [0.15, 0.2) is 0 Å². The zero-order valence-electron chi connectivity index (χ0n) is 8.92. The summed E-state index contributed by atoms with van der Waals surface area (Å²) in [6.45, 7) is 3.75. The van der Waals surface area contributed by atoms with Gasteiger partial charge in [0.1, 0.15) is 5.75 Å². The molecule has 1 aromatic rings. The fourth-order valence-corrected chi connectivity index (χ4v) is 1.72. The van der Waals surface area contributed by atoms with Crippen LogP contribution in [0.4, 0.5) is 0 Å². The van der Waals surface area contributed by atoms with Crippen molar-refractivity contribution in [3.63, 3.8) is 0 Å². The number of hydrogen-bond donors (Lipinski definition) is 3. The first-order valence-electron chi connectivity index (χ1n) is 4.84. The molecule has 15 heavy (non-hydrogen) atoms. The van der Waals surface area contributed by atoms with Crippen LogP contribution in [-0.4, -0.2) is 16.8 Å². The summed E-state index contributed by atoms with van der Waals surface area (Å²) in [7, 11) is 0. The first-order valence-corrected chi connectivity index (χ1v) is 5.21. The van der Waals surface area contributed by atoms with Crippen LogP contribution in [0, 0.1) is 13.8 Å². The molecule has 0 amide bonds. The molecule has 4 N–H and O–H groups in total. The van der Waals surface area contributed by atoms with Crippen LogP contribution in [-0.2, 0) is 0 Å². The van der Waals surface area contributed by atoms with E-state index in [0.29, 0.717) is 17.0 Å². The number of phenols is 1. The molecule has 4 heteroatoms. The normalized spacial score (nSPS) is 12.9. The average molecular weight is 230 g/mol. The number of aryl methyl sites for hydroxylation is 1. The van der Waals surface area contributed by atoms with Crippen molar-refractivity contribution in [1.82, 2.24) is 0 Å². The van der Waals surface area contributed by atoms with Crippen molar-refractivity contribution in [3.8, 4) is 5.75 Å². The lowest BCUT2D eigenvalue weighted by atomic mass is 9.98. The lowest BCUT2D eigenvalue weighted by Gasteiger charge is -2.16. The lowest BCUT2D eigenvalue weighted by molar-refractivity contribution is 0.275. The molecule has 0 saturated heterocycles. The Labute approximate surface area is 94.5 Å². The fourth-order valence-electron chi connectivity index (χ4n) is 1.46. The summed E-state index contributed by atoms with van der Waals surface area (Å²) in [6.07, 6.45) is 0.409. The number of hydrogen-bond acceptors (Lipinski definition) is 3. The first-order chi connectivity index (χ1) is 6.99. The van der Waals surface area contributed by atoms with Gasteiger partial charge in [0.2, 0.25) is 0 Å². The summed E-state index contributed by atoms with van der Waals surface area (Å²) < 4.78 is 0. The fraction of sp³-hybridized carbons (Fsp3) is 0.455. The number of benzene rings is 1. The summed E-state index contributed by atoms with van der Waals surface area (Å²) in [5, 5.41) is 18.9. The van der Waals surface area contributed by atoms with E-state index in [4.69, 9.17) is 22.4 Å². The highest BCUT2D eigenvalue weighted by molar-refractivity contribution is 6.33. The van der Waals surface area contributed by atoms with Crippen LogP contribution in [0.15, 0.2) is 6.07 Å².